The molecule has 0 atom stereocenters. The van der Waals surface area contributed by atoms with Crippen molar-refractivity contribution in [2.75, 3.05) is 0 Å². The average Bonchev–Trinajstić information content (AvgIpc) is 2.69. The van der Waals surface area contributed by atoms with Crippen LogP contribution in [0.15, 0.2) is 59.9 Å². The maximum absolute atomic E-state index is 3.07. The zero-order chi connectivity index (χ0) is 8.93. The molecule has 0 heteroatoms. The molecule has 13 heavy (non-hydrogen) atoms. The van der Waals surface area contributed by atoms with Gasteiger partial charge in [-0.15, -0.1) is 5.73 Å². The highest BCUT2D eigenvalue weighted by molar-refractivity contribution is 5.47. The summed E-state index contributed by atoms with van der Waals surface area (Å²) in [6.45, 7) is 0. The molecule has 0 fully saturated rings. The van der Waals surface area contributed by atoms with Crippen LogP contribution in [-0.2, 0) is 0 Å². The van der Waals surface area contributed by atoms with Crippen LogP contribution in [0.25, 0.3) is 0 Å². The van der Waals surface area contributed by atoms with Gasteiger partial charge in [-0.05, 0) is 24.3 Å². The Morgan fingerprint density at radius 2 is 1.85 bits per heavy atom. The number of benzene rings is 1. The highest BCUT2D eigenvalue weighted by atomic mass is 13.9. The molecule has 1 aliphatic rings. The van der Waals surface area contributed by atoms with Crippen LogP contribution in [0.5, 0.6) is 0 Å². The predicted molar refractivity (Wildman–Crippen MR) is 54.1 cm³/mol. The van der Waals surface area contributed by atoms with Gasteiger partial charge in [0.1, 0.15) is 0 Å². The van der Waals surface area contributed by atoms with Gasteiger partial charge < -0.3 is 0 Å². The molecular formula is C13H8. The highest BCUT2D eigenvalue weighted by Crippen LogP contribution is 2.01. The molecular weight excluding hydrogens is 156 g/mol. The van der Waals surface area contributed by atoms with Crippen LogP contribution in [0.2, 0.25) is 0 Å². The summed E-state index contributed by atoms with van der Waals surface area (Å²) in [6.07, 6.45) is 5.76. The van der Waals surface area contributed by atoms with Gasteiger partial charge in [0.15, 0.2) is 0 Å². The number of allylic oxidation sites excluding steroid dienone is 3. The Morgan fingerprint density at radius 1 is 1.00 bits per heavy atom. The van der Waals surface area contributed by atoms with Crippen molar-refractivity contribution in [3.8, 4) is 11.8 Å². The smallest absolute Gasteiger partial charge is 0.0667 e. The van der Waals surface area contributed by atoms with Gasteiger partial charge >= 0.3 is 0 Å². The van der Waals surface area contributed by atoms with Crippen molar-refractivity contribution in [3.05, 3.63) is 65.4 Å². The Bertz CT molecular complexity index is 444. The Kier molecular flexibility index (Phi) is 2.14. The Balaban J connectivity index is 2.23. The molecule has 0 unspecified atom stereocenters. The summed E-state index contributed by atoms with van der Waals surface area (Å²) in [5.41, 5.74) is 5.02. The highest BCUT2D eigenvalue weighted by Gasteiger charge is 1.86. The lowest BCUT2D eigenvalue weighted by atomic mass is 10.2. The fourth-order valence-corrected chi connectivity index (χ4v) is 1.07. The second kappa shape index (κ2) is 3.63. The molecule has 0 saturated carbocycles. The van der Waals surface area contributed by atoms with Crippen LogP contribution in [0.3, 0.4) is 0 Å². The molecule has 1 aromatic carbocycles. The Hall–Kier alpha value is -1.96. The first-order valence-electron chi connectivity index (χ1n) is 4.15. The average molecular weight is 164 g/mol. The molecule has 0 N–H and O–H groups in total. The van der Waals surface area contributed by atoms with E-state index in [4.69, 9.17) is 0 Å². The normalized spacial score (nSPS) is 12.2. The van der Waals surface area contributed by atoms with Crippen molar-refractivity contribution in [2.45, 2.75) is 0 Å². The summed E-state index contributed by atoms with van der Waals surface area (Å²) in [5, 5.41) is 0. The lowest BCUT2D eigenvalue weighted by Crippen LogP contribution is -1.71. The van der Waals surface area contributed by atoms with Crippen LogP contribution >= 0.6 is 0 Å². The van der Waals surface area contributed by atoms with Crippen molar-refractivity contribution in [2.24, 2.45) is 0 Å². The van der Waals surface area contributed by atoms with Crippen molar-refractivity contribution < 1.29 is 0 Å². The summed E-state index contributed by atoms with van der Waals surface area (Å²) in [6, 6.07) is 9.95. The molecule has 0 amide bonds. The van der Waals surface area contributed by atoms with Gasteiger partial charge in [0.25, 0.3) is 0 Å². The number of hydrogen-bond donors (Lipinski definition) is 0. The molecule has 0 heterocycles. The summed E-state index contributed by atoms with van der Waals surface area (Å²) >= 11 is 0. The van der Waals surface area contributed by atoms with Crippen LogP contribution in [0.1, 0.15) is 5.56 Å². The molecule has 1 aromatic rings. The first kappa shape index (κ1) is 7.68. The first-order valence-corrected chi connectivity index (χ1v) is 4.15. The minimum Gasteiger partial charge on any atom is -0.104 e. The van der Waals surface area contributed by atoms with Crippen LogP contribution < -0.4 is 0 Å². The zero-order valence-electron chi connectivity index (χ0n) is 7.12. The monoisotopic (exact) mass is 164 g/mol. The van der Waals surface area contributed by atoms with Crippen molar-refractivity contribution in [3.63, 3.8) is 0 Å². The topological polar surface area (TPSA) is 0 Å². The van der Waals surface area contributed by atoms with Crippen LogP contribution in [-0.4, -0.2) is 0 Å². The Morgan fingerprint density at radius 3 is 2.54 bits per heavy atom. The van der Waals surface area contributed by atoms with Gasteiger partial charge in [0.05, 0.1) is 5.57 Å². The van der Waals surface area contributed by atoms with E-state index < -0.39 is 0 Å². The third-order valence-electron chi connectivity index (χ3n) is 1.71. The largest absolute Gasteiger partial charge is 0.104 e. The van der Waals surface area contributed by atoms with Gasteiger partial charge in [0.2, 0.25) is 0 Å². The van der Waals surface area contributed by atoms with Gasteiger partial charge in [-0.3, -0.25) is 0 Å². The number of hydrogen-bond acceptors (Lipinski definition) is 0. The maximum Gasteiger partial charge on any atom is 0.0667 e. The molecule has 60 valence electrons. The second-order valence-corrected chi connectivity index (χ2v) is 2.70. The molecule has 0 spiro atoms. The summed E-state index contributed by atoms with van der Waals surface area (Å²) < 4.78 is 0. The molecule has 0 aromatic heterocycles. The van der Waals surface area contributed by atoms with Crippen molar-refractivity contribution >= 4 is 0 Å². The van der Waals surface area contributed by atoms with Crippen LogP contribution in [0.4, 0.5) is 0 Å². The fourth-order valence-electron chi connectivity index (χ4n) is 1.07. The molecule has 2 rings (SSSR count). The molecule has 0 aliphatic heterocycles. The SMILES string of the molecule is C1=CC=CC=1C#Cc1ccccc1. The minimum atomic E-state index is 0.948. The first-order chi connectivity index (χ1) is 6.45. The Labute approximate surface area is 77.9 Å². The maximum atomic E-state index is 3.07. The van der Waals surface area contributed by atoms with E-state index in [0.29, 0.717) is 0 Å². The van der Waals surface area contributed by atoms with E-state index in [-0.39, 0.29) is 0 Å². The van der Waals surface area contributed by atoms with E-state index in [1.165, 1.54) is 0 Å². The van der Waals surface area contributed by atoms with E-state index in [9.17, 15) is 0 Å². The minimum absolute atomic E-state index is 0.948. The third kappa shape index (κ3) is 1.99. The van der Waals surface area contributed by atoms with E-state index in [1.807, 2.05) is 48.6 Å². The zero-order valence-corrected chi connectivity index (χ0v) is 7.12. The van der Waals surface area contributed by atoms with Gasteiger partial charge in [-0.1, -0.05) is 36.1 Å². The van der Waals surface area contributed by atoms with Crippen molar-refractivity contribution in [1.82, 2.24) is 0 Å². The van der Waals surface area contributed by atoms with Gasteiger partial charge in [0, 0.05) is 5.56 Å². The molecule has 0 radical (unpaired) electrons. The lowest BCUT2D eigenvalue weighted by Gasteiger charge is -1.85. The lowest BCUT2D eigenvalue weighted by molar-refractivity contribution is 1.65. The molecule has 0 saturated heterocycles. The third-order valence-corrected chi connectivity index (χ3v) is 1.71. The summed E-state index contributed by atoms with van der Waals surface area (Å²) in [4.78, 5) is 0. The van der Waals surface area contributed by atoms with E-state index >= 15 is 0 Å². The van der Waals surface area contributed by atoms with Crippen LogP contribution in [0, 0.1) is 11.8 Å². The van der Waals surface area contributed by atoms with Gasteiger partial charge in [-0.2, -0.15) is 0 Å². The number of rotatable bonds is 0. The molecule has 0 bridgehead atoms. The van der Waals surface area contributed by atoms with Gasteiger partial charge in [-0.25, -0.2) is 0 Å². The summed E-state index contributed by atoms with van der Waals surface area (Å²) in [7, 11) is 0. The van der Waals surface area contributed by atoms with Crippen molar-refractivity contribution in [1.29, 1.82) is 0 Å². The van der Waals surface area contributed by atoms with E-state index in [0.717, 1.165) is 11.1 Å². The summed E-state index contributed by atoms with van der Waals surface area (Å²) in [5.74, 6) is 6.10. The fraction of sp³-hybridized carbons (Fsp3) is 0. The quantitative estimate of drug-likeness (QED) is 0.408. The molecule has 0 nitrogen and oxygen atoms in total. The van der Waals surface area contributed by atoms with E-state index in [2.05, 4.69) is 17.6 Å². The molecule has 1 aliphatic carbocycles. The predicted octanol–water partition coefficient (Wildman–Crippen LogP) is 2.69. The second-order valence-electron chi connectivity index (χ2n) is 2.70. The standard InChI is InChI=1S/C13H8/c1-2-6-12(7-3-1)10-11-13-8-4-5-9-13/h1-8H. The van der Waals surface area contributed by atoms with E-state index in [1.54, 1.807) is 0 Å².